The third kappa shape index (κ3) is 12.4. The van der Waals surface area contributed by atoms with Crippen molar-refractivity contribution in [3.63, 3.8) is 0 Å². The second kappa shape index (κ2) is 22.9. The van der Waals surface area contributed by atoms with E-state index in [1.165, 1.54) is 11.8 Å². The zero-order valence-corrected chi connectivity index (χ0v) is 33.6. The van der Waals surface area contributed by atoms with Gasteiger partial charge in [-0.05, 0) is 24.3 Å². The minimum Gasteiger partial charge on any atom is -0.379 e. The zero-order chi connectivity index (χ0) is 40.4. The van der Waals surface area contributed by atoms with E-state index in [1.54, 1.807) is 11.2 Å². The van der Waals surface area contributed by atoms with Gasteiger partial charge < -0.3 is 34.5 Å². The van der Waals surface area contributed by atoms with Gasteiger partial charge in [-0.2, -0.15) is 11.8 Å². The first-order valence-electron chi connectivity index (χ1n) is 19.4. The van der Waals surface area contributed by atoms with E-state index in [4.69, 9.17) is 18.9 Å². The monoisotopic (exact) mass is 807 g/mol. The van der Waals surface area contributed by atoms with Gasteiger partial charge in [-0.1, -0.05) is 54.6 Å². The average Bonchev–Trinajstić information content (AvgIpc) is 3.75. The van der Waals surface area contributed by atoms with Gasteiger partial charge in [0.15, 0.2) is 0 Å². The minimum absolute atomic E-state index is 0.0613. The lowest BCUT2D eigenvalue weighted by Gasteiger charge is -2.28. The molecule has 1 fully saturated rings. The van der Waals surface area contributed by atoms with Gasteiger partial charge in [-0.25, -0.2) is 4.68 Å². The van der Waals surface area contributed by atoms with E-state index in [0.29, 0.717) is 59.3 Å². The van der Waals surface area contributed by atoms with Gasteiger partial charge in [0.1, 0.15) is 5.69 Å². The number of benzene rings is 2. The van der Waals surface area contributed by atoms with Crippen molar-refractivity contribution in [1.82, 2.24) is 30.5 Å². The highest BCUT2D eigenvalue weighted by molar-refractivity contribution is 8.00. The summed E-state index contributed by atoms with van der Waals surface area (Å²) < 4.78 is 23.9. The molecule has 57 heavy (non-hydrogen) atoms. The highest BCUT2D eigenvalue weighted by atomic mass is 32.2. The number of hydrogen-bond donors (Lipinski definition) is 2. The van der Waals surface area contributed by atoms with Crippen LogP contribution in [0, 0.1) is 0 Å². The molecule has 1 unspecified atom stereocenters. The van der Waals surface area contributed by atoms with E-state index in [2.05, 4.69) is 33.9 Å². The number of ether oxygens (including phenoxy) is 4. The Kier molecular flexibility index (Phi) is 17.5. The van der Waals surface area contributed by atoms with Gasteiger partial charge in [0.2, 0.25) is 29.5 Å². The van der Waals surface area contributed by atoms with Crippen molar-refractivity contribution >= 4 is 47.0 Å². The number of aromatic nitrogens is 3. The summed E-state index contributed by atoms with van der Waals surface area (Å²) in [4.78, 5) is 65.2. The number of thioether (sulfide) groups is 1. The standard InChI is InChI=1S/C40H53N7O9S/c1-3-17-47-39-30-9-5-4-8-29(30)28-46(32-11-7-6-10-31(32)38(39)43-44-47)36(50)12-15-41-35(49)14-19-53-21-23-55-25-26-56-24-22-54-20-16-42-34(48)13-18-45-37(51)27-33(57-2)40(45)52/h4-11,33H,3,12-28H2,1-2H3,(H,41,49)(H,42,48). The van der Waals surface area contributed by atoms with Crippen molar-refractivity contribution < 1.29 is 42.9 Å². The van der Waals surface area contributed by atoms with Crippen LogP contribution in [0.4, 0.5) is 5.69 Å². The van der Waals surface area contributed by atoms with Crippen LogP contribution < -0.4 is 15.5 Å². The lowest BCUT2D eigenvalue weighted by Crippen LogP contribution is -2.36. The summed E-state index contributed by atoms with van der Waals surface area (Å²) >= 11 is 1.35. The molecule has 5 amide bonds. The maximum atomic E-state index is 13.7. The number of amides is 5. The molecule has 5 rings (SSSR count). The molecule has 0 aliphatic carbocycles. The van der Waals surface area contributed by atoms with Gasteiger partial charge in [0.25, 0.3) is 0 Å². The van der Waals surface area contributed by atoms with Crippen LogP contribution in [0.5, 0.6) is 0 Å². The predicted molar refractivity (Wildman–Crippen MR) is 214 cm³/mol. The quantitative estimate of drug-likeness (QED) is 0.0999. The lowest BCUT2D eigenvalue weighted by atomic mass is 9.95. The molecule has 0 saturated carbocycles. The highest BCUT2D eigenvalue weighted by Crippen LogP contribution is 2.41. The third-order valence-electron chi connectivity index (χ3n) is 9.39. The normalized spacial score (nSPS) is 14.8. The maximum Gasteiger partial charge on any atom is 0.242 e. The Bertz CT molecular complexity index is 1820. The van der Waals surface area contributed by atoms with Crippen molar-refractivity contribution in [2.45, 2.75) is 57.4 Å². The van der Waals surface area contributed by atoms with Crippen LogP contribution in [0.3, 0.4) is 0 Å². The number of nitrogens with zero attached hydrogens (tertiary/aromatic N) is 5. The van der Waals surface area contributed by atoms with E-state index in [-0.39, 0.29) is 80.2 Å². The molecule has 0 spiro atoms. The van der Waals surface area contributed by atoms with Crippen LogP contribution in [-0.2, 0) is 56.0 Å². The largest absolute Gasteiger partial charge is 0.379 e. The van der Waals surface area contributed by atoms with Crippen LogP contribution in [0.2, 0.25) is 0 Å². The molecule has 1 saturated heterocycles. The molecule has 2 N–H and O–H groups in total. The number of hydrogen-bond acceptors (Lipinski definition) is 12. The Morgan fingerprint density at radius 3 is 2.11 bits per heavy atom. The van der Waals surface area contributed by atoms with Crippen LogP contribution in [0.25, 0.3) is 22.5 Å². The second-order valence-electron chi connectivity index (χ2n) is 13.4. The number of fused-ring (bicyclic) bond motifs is 5. The van der Waals surface area contributed by atoms with E-state index >= 15 is 0 Å². The summed E-state index contributed by atoms with van der Waals surface area (Å²) in [6.07, 6.45) is 3.25. The number of rotatable bonds is 24. The highest BCUT2D eigenvalue weighted by Gasteiger charge is 2.37. The van der Waals surface area contributed by atoms with Crippen molar-refractivity contribution in [2.75, 3.05) is 83.6 Å². The minimum atomic E-state index is -0.348. The number of likely N-dealkylation sites (tertiary alicyclic amines) is 1. The fourth-order valence-corrected chi connectivity index (χ4v) is 7.14. The molecule has 3 aromatic rings. The van der Waals surface area contributed by atoms with Crippen LogP contribution >= 0.6 is 11.8 Å². The van der Waals surface area contributed by atoms with Gasteiger partial charge in [-0.3, -0.25) is 28.9 Å². The molecule has 0 radical (unpaired) electrons. The molecule has 3 heterocycles. The van der Waals surface area contributed by atoms with E-state index in [0.717, 1.165) is 51.6 Å². The second-order valence-corrected chi connectivity index (χ2v) is 14.4. The topological polar surface area (TPSA) is 184 Å². The molecule has 2 aromatic carbocycles. The van der Waals surface area contributed by atoms with Crippen molar-refractivity contribution in [1.29, 1.82) is 0 Å². The van der Waals surface area contributed by atoms with Crippen LogP contribution in [0.15, 0.2) is 48.5 Å². The molecule has 1 atom stereocenters. The van der Waals surface area contributed by atoms with Gasteiger partial charge in [-0.15, -0.1) is 5.10 Å². The fraction of sp³-hybridized carbons (Fsp3) is 0.525. The molecule has 0 bridgehead atoms. The average molecular weight is 808 g/mol. The molecule has 16 nitrogen and oxygen atoms in total. The SMILES string of the molecule is CCCn1nnc2c1-c1ccccc1CN(C(=O)CCNC(=O)CCOCCOCCOCCOCCNC(=O)CCN1C(=O)CC(SC)C1=O)c1ccccc1-2. The molecule has 2 aliphatic rings. The Balaban J connectivity index is 0.878. The summed E-state index contributed by atoms with van der Waals surface area (Å²) in [5.74, 6) is -1.01. The predicted octanol–water partition coefficient (Wildman–Crippen LogP) is 2.83. The first-order valence-corrected chi connectivity index (χ1v) is 20.7. The third-order valence-corrected chi connectivity index (χ3v) is 10.3. The number of aryl methyl sites for hydroxylation is 1. The lowest BCUT2D eigenvalue weighted by molar-refractivity contribution is -0.138. The number of carbonyl (C=O) groups excluding carboxylic acids is 5. The van der Waals surface area contributed by atoms with Crippen molar-refractivity contribution in [3.8, 4) is 22.5 Å². The first kappa shape index (κ1) is 43.4. The van der Waals surface area contributed by atoms with Crippen molar-refractivity contribution in [3.05, 3.63) is 54.1 Å². The fourth-order valence-electron chi connectivity index (χ4n) is 6.50. The number of para-hydroxylation sites is 1. The molecular formula is C40H53N7O9S. The van der Waals surface area contributed by atoms with Crippen molar-refractivity contribution in [2.24, 2.45) is 0 Å². The van der Waals surface area contributed by atoms with Crippen LogP contribution in [-0.4, -0.2) is 133 Å². The summed E-state index contributed by atoms with van der Waals surface area (Å²) in [5, 5.41) is 14.2. The molecular weight excluding hydrogens is 755 g/mol. The van der Waals surface area contributed by atoms with Crippen LogP contribution in [0.1, 0.15) is 44.6 Å². The first-order chi connectivity index (χ1) is 27.8. The number of imide groups is 1. The zero-order valence-electron chi connectivity index (χ0n) is 32.7. The summed E-state index contributed by atoms with van der Waals surface area (Å²) in [7, 11) is 0. The maximum absolute atomic E-state index is 13.7. The Labute approximate surface area is 337 Å². The van der Waals surface area contributed by atoms with Gasteiger partial charge in [0.05, 0.1) is 76.0 Å². The molecule has 308 valence electrons. The summed E-state index contributed by atoms with van der Waals surface area (Å²) in [5.41, 5.74) is 5.30. The van der Waals surface area contributed by atoms with E-state index in [1.807, 2.05) is 47.1 Å². The van der Waals surface area contributed by atoms with Gasteiger partial charge in [0, 0.05) is 63.0 Å². The Hall–Kier alpha value is -4.68. The molecule has 1 aromatic heterocycles. The Morgan fingerprint density at radius 1 is 0.772 bits per heavy atom. The number of anilines is 1. The number of nitrogens with one attached hydrogen (secondary N) is 2. The summed E-state index contributed by atoms with van der Waals surface area (Å²) in [6, 6.07) is 15.8. The van der Waals surface area contributed by atoms with E-state index in [9.17, 15) is 24.0 Å². The van der Waals surface area contributed by atoms with Gasteiger partial charge >= 0.3 is 0 Å². The van der Waals surface area contributed by atoms with E-state index < -0.39 is 0 Å². The number of carbonyl (C=O) groups is 5. The summed E-state index contributed by atoms with van der Waals surface area (Å²) in [6.45, 7) is 6.52. The smallest absolute Gasteiger partial charge is 0.242 e. The Morgan fingerprint density at radius 2 is 1.40 bits per heavy atom. The molecule has 2 aliphatic heterocycles. The molecule has 17 heteroatoms.